The van der Waals surface area contributed by atoms with Gasteiger partial charge in [-0.2, -0.15) is 11.3 Å². The molecule has 1 aliphatic rings. The van der Waals surface area contributed by atoms with Gasteiger partial charge in [0.25, 0.3) is 5.91 Å². The summed E-state index contributed by atoms with van der Waals surface area (Å²) in [7, 11) is 0. The number of benzene rings is 1. The first-order valence-electron chi connectivity index (χ1n) is 7.03. The Morgan fingerprint density at radius 2 is 1.96 bits per heavy atom. The minimum atomic E-state index is -0.0960. The van der Waals surface area contributed by atoms with Crippen LogP contribution >= 0.6 is 46.7 Å². The zero-order valence-electron chi connectivity index (χ0n) is 12.2. The van der Waals surface area contributed by atoms with E-state index in [0.29, 0.717) is 9.23 Å². The highest BCUT2D eigenvalue weighted by atomic mass is 32.2. The molecule has 24 heavy (non-hydrogen) atoms. The molecule has 0 saturated carbocycles. The number of nitrogens with zero attached hydrogens (tertiary/aromatic N) is 2. The number of thiazole rings is 1. The van der Waals surface area contributed by atoms with E-state index in [4.69, 9.17) is 12.2 Å². The molecule has 4 rings (SSSR count). The second kappa shape index (κ2) is 6.60. The lowest BCUT2D eigenvalue weighted by Crippen LogP contribution is -2.27. The van der Waals surface area contributed by atoms with Crippen LogP contribution in [0.4, 0.5) is 5.69 Å². The van der Waals surface area contributed by atoms with E-state index in [2.05, 4.69) is 10.4 Å². The molecule has 3 aromatic rings. The van der Waals surface area contributed by atoms with Crippen molar-refractivity contribution in [1.29, 1.82) is 0 Å². The molecule has 1 aliphatic heterocycles. The van der Waals surface area contributed by atoms with Crippen molar-refractivity contribution in [1.82, 2.24) is 4.98 Å². The zero-order chi connectivity index (χ0) is 16.5. The van der Waals surface area contributed by atoms with Gasteiger partial charge in [-0.15, -0.1) is 11.3 Å². The lowest BCUT2D eigenvalue weighted by atomic mass is 10.3. The van der Waals surface area contributed by atoms with Gasteiger partial charge in [-0.3, -0.25) is 9.69 Å². The van der Waals surface area contributed by atoms with Crippen molar-refractivity contribution in [2.45, 2.75) is 0 Å². The van der Waals surface area contributed by atoms with Crippen molar-refractivity contribution in [2.24, 2.45) is 0 Å². The Balaban J connectivity index is 1.62. The van der Waals surface area contributed by atoms with Gasteiger partial charge in [0.05, 0.1) is 16.3 Å². The summed E-state index contributed by atoms with van der Waals surface area (Å²) >= 11 is 9.91. The normalized spacial score (nSPS) is 16.3. The van der Waals surface area contributed by atoms with Crippen molar-refractivity contribution in [2.75, 3.05) is 4.90 Å². The van der Waals surface area contributed by atoms with Crippen molar-refractivity contribution in [3.63, 3.8) is 0 Å². The van der Waals surface area contributed by atoms with Gasteiger partial charge in [0, 0.05) is 16.3 Å². The van der Waals surface area contributed by atoms with Gasteiger partial charge in [-0.05, 0) is 29.7 Å². The lowest BCUT2D eigenvalue weighted by molar-refractivity contribution is -0.113. The predicted octanol–water partition coefficient (Wildman–Crippen LogP) is 5.28. The summed E-state index contributed by atoms with van der Waals surface area (Å²) in [5, 5.41) is 7.02. The molecule has 7 heteroatoms. The maximum Gasteiger partial charge on any atom is 0.270 e. The van der Waals surface area contributed by atoms with Crippen LogP contribution in [0.2, 0.25) is 0 Å². The van der Waals surface area contributed by atoms with Crippen LogP contribution in [0.1, 0.15) is 5.69 Å². The average Bonchev–Trinajstić information content (AvgIpc) is 3.31. The molecule has 1 saturated heterocycles. The highest BCUT2D eigenvalue weighted by molar-refractivity contribution is 8.27. The van der Waals surface area contributed by atoms with E-state index in [1.807, 2.05) is 53.2 Å². The first-order valence-corrected chi connectivity index (χ1v) is 10.1. The molecule has 118 valence electrons. The Morgan fingerprint density at radius 3 is 2.71 bits per heavy atom. The van der Waals surface area contributed by atoms with Gasteiger partial charge in [0.2, 0.25) is 0 Å². The van der Waals surface area contributed by atoms with Crippen LogP contribution in [0, 0.1) is 0 Å². The van der Waals surface area contributed by atoms with Crippen molar-refractivity contribution in [3.05, 3.63) is 63.1 Å². The summed E-state index contributed by atoms with van der Waals surface area (Å²) in [5.74, 6) is -0.0960. The fourth-order valence-corrected chi connectivity index (χ4v) is 5.05. The first kappa shape index (κ1) is 15.7. The number of thiocarbonyl (C=S) groups is 1. The summed E-state index contributed by atoms with van der Waals surface area (Å²) in [6.07, 6.45) is 1.81. The Hall–Kier alpha value is -1.80. The van der Waals surface area contributed by atoms with Gasteiger partial charge in [0.15, 0.2) is 4.32 Å². The number of hydrogen-bond acceptors (Lipinski definition) is 6. The van der Waals surface area contributed by atoms with E-state index in [0.717, 1.165) is 22.0 Å². The predicted molar refractivity (Wildman–Crippen MR) is 108 cm³/mol. The van der Waals surface area contributed by atoms with Gasteiger partial charge in [-0.25, -0.2) is 4.98 Å². The summed E-state index contributed by atoms with van der Waals surface area (Å²) in [5.41, 5.74) is 2.69. The Bertz CT molecular complexity index is 929. The van der Waals surface area contributed by atoms with Gasteiger partial charge >= 0.3 is 0 Å². The summed E-state index contributed by atoms with van der Waals surface area (Å²) in [6, 6.07) is 11.5. The number of thioether (sulfide) groups is 1. The van der Waals surface area contributed by atoms with Gasteiger partial charge in [-0.1, -0.05) is 42.2 Å². The van der Waals surface area contributed by atoms with Crippen molar-refractivity contribution >= 4 is 68.6 Å². The number of thiophene rings is 1. The van der Waals surface area contributed by atoms with Crippen LogP contribution in [0.25, 0.3) is 16.6 Å². The van der Waals surface area contributed by atoms with Crippen LogP contribution in [-0.4, -0.2) is 15.2 Å². The smallest absolute Gasteiger partial charge is 0.268 e. The number of carbonyl (C=O) groups is 1. The van der Waals surface area contributed by atoms with E-state index >= 15 is 0 Å². The molecule has 0 atom stereocenters. The molecule has 3 nitrogen and oxygen atoms in total. The summed E-state index contributed by atoms with van der Waals surface area (Å²) in [6.45, 7) is 0. The number of para-hydroxylation sites is 1. The summed E-state index contributed by atoms with van der Waals surface area (Å²) in [4.78, 5) is 19.4. The number of anilines is 1. The molecule has 0 bridgehead atoms. The topological polar surface area (TPSA) is 33.2 Å². The minimum absolute atomic E-state index is 0.0960. The Labute approximate surface area is 156 Å². The number of rotatable bonds is 3. The van der Waals surface area contributed by atoms with E-state index in [9.17, 15) is 4.79 Å². The molecule has 1 aromatic carbocycles. The Morgan fingerprint density at radius 1 is 1.12 bits per heavy atom. The quantitative estimate of drug-likeness (QED) is 0.453. The molecule has 3 heterocycles. The third kappa shape index (κ3) is 2.95. The van der Waals surface area contributed by atoms with Crippen LogP contribution < -0.4 is 4.90 Å². The van der Waals surface area contributed by atoms with E-state index in [-0.39, 0.29) is 5.91 Å². The second-order valence-electron chi connectivity index (χ2n) is 4.94. The molecule has 1 amide bonds. The first-order chi connectivity index (χ1) is 11.7. The van der Waals surface area contributed by atoms with E-state index in [1.54, 1.807) is 27.6 Å². The molecule has 0 unspecified atom stereocenters. The number of hydrogen-bond donors (Lipinski definition) is 0. The molecule has 0 N–H and O–H groups in total. The SMILES string of the molecule is O=C1C(=Cc2csc(-c3ccsc3)n2)SC(=S)N1c1ccccc1. The largest absolute Gasteiger partial charge is 0.270 e. The maximum atomic E-state index is 12.7. The van der Waals surface area contributed by atoms with Crippen LogP contribution in [0.15, 0.2) is 57.4 Å². The average molecular weight is 387 g/mol. The molecule has 0 aliphatic carbocycles. The third-order valence-electron chi connectivity index (χ3n) is 3.38. The van der Waals surface area contributed by atoms with E-state index in [1.165, 1.54) is 11.8 Å². The number of amides is 1. The molecule has 0 spiro atoms. The second-order valence-corrected chi connectivity index (χ2v) is 8.26. The Kier molecular flexibility index (Phi) is 4.32. The minimum Gasteiger partial charge on any atom is -0.268 e. The van der Waals surface area contributed by atoms with Crippen molar-refractivity contribution in [3.8, 4) is 10.6 Å². The van der Waals surface area contributed by atoms with E-state index < -0.39 is 0 Å². The van der Waals surface area contributed by atoms with Crippen molar-refractivity contribution < 1.29 is 4.79 Å². The van der Waals surface area contributed by atoms with Gasteiger partial charge < -0.3 is 0 Å². The standard InChI is InChI=1S/C17H10N2OS4/c20-16-14(24-17(21)19(16)13-4-2-1-3-5-13)8-12-10-23-15(18-12)11-6-7-22-9-11/h1-10H. The van der Waals surface area contributed by atoms with Crippen LogP contribution in [0.5, 0.6) is 0 Å². The molecule has 0 radical (unpaired) electrons. The lowest BCUT2D eigenvalue weighted by Gasteiger charge is -2.13. The fraction of sp³-hybridized carbons (Fsp3) is 0. The highest BCUT2D eigenvalue weighted by Gasteiger charge is 2.33. The molecule has 2 aromatic heterocycles. The van der Waals surface area contributed by atoms with Crippen LogP contribution in [0.3, 0.4) is 0 Å². The fourth-order valence-electron chi connectivity index (χ4n) is 2.27. The highest BCUT2D eigenvalue weighted by Crippen LogP contribution is 2.36. The number of carbonyl (C=O) groups excluding carboxylic acids is 1. The van der Waals surface area contributed by atoms with Crippen LogP contribution in [-0.2, 0) is 4.79 Å². The molecular formula is C17H10N2OS4. The monoisotopic (exact) mass is 386 g/mol. The molecular weight excluding hydrogens is 376 g/mol. The number of aromatic nitrogens is 1. The third-order valence-corrected chi connectivity index (χ3v) is 6.27. The maximum absolute atomic E-state index is 12.7. The molecule has 1 fully saturated rings. The van der Waals surface area contributed by atoms with Gasteiger partial charge in [0.1, 0.15) is 5.01 Å². The zero-order valence-corrected chi connectivity index (χ0v) is 15.5. The summed E-state index contributed by atoms with van der Waals surface area (Å²) < 4.78 is 0.547.